The zero-order chi connectivity index (χ0) is 18.4. The summed E-state index contributed by atoms with van der Waals surface area (Å²) >= 11 is 12.6. The summed E-state index contributed by atoms with van der Waals surface area (Å²) in [7, 11) is 0. The van der Waals surface area contributed by atoms with Crippen molar-refractivity contribution in [3.8, 4) is 17.0 Å². The molecule has 2 heterocycles. The van der Waals surface area contributed by atoms with Crippen LogP contribution in [0.3, 0.4) is 0 Å². The molecule has 0 radical (unpaired) electrons. The number of hydrogen-bond donors (Lipinski definition) is 2. The summed E-state index contributed by atoms with van der Waals surface area (Å²) in [5, 5.41) is 13.1. The van der Waals surface area contributed by atoms with Crippen molar-refractivity contribution < 1.29 is 5.11 Å². The van der Waals surface area contributed by atoms with Crippen molar-refractivity contribution in [2.45, 2.75) is 19.9 Å². The Bertz CT molecular complexity index is 1150. The zero-order valence-electron chi connectivity index (χ0n) is 14.1. The first-order valence-electron chi connectivity index (χ1n) is 8.36. The summed E-state index contributed by atoms with van der Waals surface area (Å²) in [6.07, 6.45) is 2.73. The van der Waals surface area contributed by atoms with Gasteiger partial charge in [0, 0.05) is 39.3 Å². The third-order valence-corrected chi connectivity index (χ3v) is 5.11. The molecule has 0 bridgehead atoms. The number of fused-ring (bicyclic) bond motifs is 2. The molecule has 4 rings (SSSR count). The second-order valence-electron chi connectivity index (χ2n) is 6.26. The Morgan fingerprint density at radius 2 is 1.96 bits per heavy atom. The van der Waals surface area contributed by atoms with Crippen molar-refractivity contribution >= 4 is 50.7 Å². The van der Waals surface area contributed by atoms with Crippen LogP contribution in [0.15, 0.2) is 42.6 Å². The molecule has 0 saturated heterocycles. The first kappa shape index (κ1) is 17.0. The number of aromatic hydroxyl groups is 1. The predicted molar refractivity (Wildman–Crippen MR) is 109 cm³/mol. The van der Waals surface area contributed by atoms with E-state index in [2.05, 4.69) is 6.92 Å². The molecule has 0 aliphatic carbocycles. The van der Waals surface area contributed by atoms with Gasteiger partial charge in [-0.05, 0) is 24.6 Å². The average molecular weight is 386 g/mol. The quantitative estimate of drug-likeness (QED) is 0.463. The van der Waals surface area contributed by atoms with Crippen molar-refractivity contribution in [2.75, 3.05) is 5.73 Å². The smallest absolute Gasteiger partial charge is 0.202 e. The van der Waals surface area contributed by atoms with Crippen LogP contribution in [0, 0.1) is 0 Å². The van der Waals surface area contributed by atoms with Gasteiger partial charge in [0.15, 0.2) is 0 Å². The summed E-state index contributed by atoms with van der Waals surface area (Å²) in [6.45, 7) is 2.75. The van der Waals surface area contributed by atoms with Gasteiger partial charge in [-0.15, -0.1) is 0 Å². The highest BCUT2D eigenvalue weighted by atomic mass is 35.5. The van der Waals surface area contributed by atoms with Crippen molar-refractivity contribution in [1.29, 1.82) is 0 Å². The fourth-order valence-electron chi connectivity index (χ4n) is 3.34. The summed E-state index contributed by atoms with van der Waals surface area (Å²) in [4.78, 5) is 4.79. The Balaban J connectivity index is 2.08. The number of nitrogens with two attached hydrogens (primary N) is 1. The Kier molecular flexibility index (Phi) is 4.17. The second kappa shape index (κ2) is 6.38. The lowest BCUT2D eigenvalue weighted by atomic mass is 10.0. The number of nitrogen functional groups attached to an aromatic ring is 1. The molecule has 0 spiro atoms. The predicted octanol–water partition coefficient (Wildman–Crippen LogP) is 5.86. The molecule has 0 aliphatic rings. The van der Waals surface area contributed by atoms with E-state index in [-0.39, 0.29) is 5.88 Å². The van der Waals surface area contributed by atoms with E-state index >= 15 is 0 Å². The van der Waals surface area contributed by atoms with Gasteiger partial charge in [0.25, 0.3) is 0 Å². The maximum absolute atomic E-state index is 10.5. The molecule has 2 aromatic carbocycles. The summed E-state index contributed by atoms with van der Waals surface area (Å²) in [5.74, 6) is 0.153. The van der Waals surface area contributed by atoms with Gasteiger partial charge in [-0.2, -0.15) is 0 Å². The molecule has 2 aromatic heterocycles. The Morgan fingerprint density at radius 3 is 2.73 bits per heavy atom. The molecule has 26 heavy (non-hydrogen) atoms. The van der Waals surface area contributed by atoms with E-state index in [9.17, 15) is 5.11 Å². The molecule has 0 fully saturated rings. The molecule has 6 heteroatoms. The van der Waals surface area contributed by atoms with Crippen molar-refractivity contribution in [3.05, 3.63) is 52.6 Å². The number of aryl methyl sites for hydroxylation is 1. The van der Waals surface area contributed by atoms with E-state index in [0.717, 1.165) is 28.5 Å². The van der Waals surface area contributed by atoms with Gasteiger partial charge in [-0.1, -0.05) is 48.3 Å². The van der Waals surface area contributed by atoms with Crippen LogP contribution in [-0.4, -0.2) is 14.7 Å². The molecule has 132 valence electrons. The largest absolute Gasteiger partial charge is 0.494 e. The van der Waals surface area contributed by atoms with E-state index in [1.54, 1.807) is 16.7 Å². The SMILES string of the molecule is CCCn1cc2nc3c(-c4cc(Cl)ccc4Cl)cccc3c(N)c2c1O. The lowest BCUT2D eigenvalue weighted by Crippen LogP contribution is -1.94. The minimum absolute atomic E-state index is 0.153. The van der Waals surface area contributed by atoms with Gasteiger partial charge >= 0.3 is 0 Å². The number of halogens is 2. The highest BCUT2D eigenvalue weighted by molar-refractivity contribution is 6.35. The zero-order valence-corrected chi connectivity index (χ0v) is 15.6. The van der Waals surface area contributed by atoms with E-state index in [1.807, 2.05) is 30.5 Å². The topological polar surface area (TPSA) is 64.1 Å². The number of benzene rings is 2. The molecular weight excluding hydrogens is 369 g/mol. The van der Waals surface area contributed by atoms with Gasteiger partial charge in [0.2, 0.25) is 5.88 Å². The first-order valence-corrected chi connectivity index (χ1v) is 9.12. The number of nitrogens with zero attached hydrogens (tertiary/aromatic N) is 2. The Morgan fingerprint density at radius 1 is 1.15 bits per heavy atom. The van der Waals surface area contributed by atoms with E-state index in [4.69, 9.17) is 33.9 Å². The average Bonchev–Trinajstić information content (AvgIpc) is 2.93. The molecule has 0 aliphatic heterocycles. The van der Waals surface area contributed by atoms with Gasteiger partial charge in [-0.25, -0.2) is 4.98 Å². The lowest BCUT2D eigenvalue weighted by Gasteiger charge is -2.11. The van der Waals surface area contributed by atoms with Gasteiger partial charge in [0.1, 0.15) is 0 Å². The standard InChI is InChI=1S/C20H17Cl2N3O/c1-2-8-25-10-16-17(20(25)26)18(23)13-5-3-4-12(19(13)24-16)14-9-11(21)6-7-15(14)22/h3-7,9-10,26H,2,8,23H2,1H3. The Labute approximate surface area is 160 Å². The first-order chi connectivity index (χ1) is 12.5. The van der Waals surface area contributed by atoms with Gasteiger partial charge in [0.05, 0.1) is 22.1 Å². The van der Waals surface area contributed by atoms with Crippen LogP contribution in [-0.2, 0) is 6.54 Å². The van der Waals surface area contributed by atoms with E-state index < -0.39 is 0 Å². The minimum Gasteiger partial charge on any atom is -0.494 e. The molecule has 0 atom stereocenters. The number of aromatic nitrogens is 2. The van der Waals surface area contributed by atoms with Crippen LogP contribution in [0.4, 0.5) is 5.69 Å². The van der Waals surface area contributed by atoms with Crippen LogP contribution in [0.2, 0.25) is 10.0 Å². The third kappa shape index (κ3) is 2.57. The van der Waals surface area contributed by atoms with E-state index in [1.165, 1.54) is 0 Å². The number of rotatable bonds is 3. The third-order valence-electron chi connectivity index (χ3n) is 4.54. The van der Waals surface area contributed by atoms with E-state index in [0.29, 0.717) is 33.2 Å². The molecule has 4 nitrogen and oxygen atoms in total. The molecule has 0 saturated carbocycles. The fraction of sp³-hybridized carbons (Fsp3) is 0.150. The second-order valence-corrected chi connectivity index (χ2v) is 7.10. The molecule has 0 unspecified atom stereocenters. The number of hydrogen-bond acceptors (Lipinski definition) is 3. The maximum Gasteiger partial charge on any atom is 0.202 e. The molecule has 3 N–H and O–H groups in total. The van der Waals surface area contributed by atoms with Crippen LogP contribution in [0.5, 0.6) is 5.88 Å². The highest BCUT2D eigenvalue weighted by Gasteiger charge is 2.18. The van der Waals surface area contributed by atoms with Crippen LogP contribution in [0.25, 0.3) is 32.9 Å². The van der Waals surface area contributed by atoms with Gasteiger partial charge < -0.3 is 15.4 Å². The normalized spacial score (nSPS) is 11.5. The fourth-order valence-corrected chi connectivity index (χ4v) is 3.74. The molecular formula is C20H17Cl2N3O. The van der Waals surface area contributed by atoms with Crippen LogP contribution < -0.4 is 5.73 Å². The number of anilines is 1. The Hall–Kier alpha value is -2.43. The molecule has 4 aromatic rings. The number of para-hydroxylation sites is 1. The van der Waals surface area contributed by atoms with Crippen molar-refractivity contribution in [1.82, 2.24) is 9.55 Å². The summed E-state index contributed by atoms with van der Waals surface area (Å²) in [6, 6.07) is 11.1. The van der Waals surface area contributed by atoms with Crippen molar-refractivity contribution in [3.63, 3.8) is 0 Å². The highest BCUT2D eigenvalue weighted by Crippen LogP contribution is 2.40. The molecule has 0 amide bonds. The summed E-state index contributed by atoms with van der Waals surface area (Å²) in [5.41, 5.74) is 9.96. The number of pyridine rings is 1. The monoisotopic (exact) mass is 385 g/mol. The van der Waals surface area contributed by atoms with Crippen LogP contribution >= 0.6 is 23.2 Å². The van der Waals surface area contributed by atoms with Crippen molar-refractivity contribution in [2.24, 2.45) is 0 Å². The van der Waals surface area contributed by atoms with Gasteiger partial charge in [-0.3, -0.25) is 0 Å². The lowest BCUT2D eigenvalue weighted by molar-refractivity contribution is 0.421. The minimum atomic E-state index is 0.153. The maximum atomic E-state index is 10.5. The van der Waals surface area contributed by atoms with Crippen LogP contribution in [0.1, 0.15) is 13.3 Å². The summed E-state index contributed by atoms with van der Waals surface area (Å²) < 4.78 is 1.78.